The first-order chi connectivity index (χ1) is 12.8. The number of thioether (sulfide) groups is 1. The summed E-state index contributed by atoms with van der Waals surface area (Å²) in [5.41, 5.74) is 0.456. The fraction of sp³-hybridized carbons (Fsp3) is 0.526. The summed E-state index contributed by atoms with van der Waals surface area (Å²) in [4.78, 5) is 33.8. The fourth-order valence-corrected chi connectivity index (χ4v) is 3.44. The maximum Gasteiger partial charge on any atom is 1.00 e. The first-order valence-electron chi connectivity index (χ1n) is 8.93. The van der Waals surface area contributed by atoms with E-state index in [0.29, 0.717) is 30.7 Å². The number of aliphatic hydroxyl groups excluding tert-OH is 1. The first-order valence-corrected chi connectivity index (χ1v) is 9.91. The van der Waals surface area contributed by atoms with E-state index in [1.54, 1.807) is 24.3 Å². The molecular formula is C19H27NNa2O7S. The molecule has 30 heavy (non-hydrogen) atoms. The molecule has 1 rings (SSSR count). The molecule has 0 unspecified atom stereocenters. The molecular weight excluding hydrogens is 432 g/mol. The van der Waals surface area contributed by atoms with Crippen LogP contribution < -0.4 is 74.6 Å². The number of carbonyl (C=O) groups excluding carboxylic acids is 3. The van der Waals surface area contributed by atoms with E-state index in [-0.39, 0.29) is 64.6 Å². The standard InChI is InChI=1S/C19H27NO6S.2Na.H2O/c1-2-3-5-13(19(25)26)8-9-15(21)12-27-16-7-4-6-14(10-16)20-17(22)11-18(23)24;;;/h4,6-7,10,13,15,21H,2-3,5,8-9,11-12H2,1H3,(H,20,22)(H,23,24)(H,25,26);;;1H2/q;2*+1;/p-2/t13-,15-;;;/m1.../s1. The van der Waals surface area contributed by atoms with Crippen molar-refractivity contribution in [2.24, 2.45) is 5.92 Å². The summed E-state index contributed by atoms with van der Waals surface area (Å²) in [5.74, 6) is -3.34. The van der Waals surface area contributed by atoms with Crippen molar-refractivity contribution in [1.29, 1.82) is 0 Å². The van der Waals surface area contributed by atoms with Gasteiger partial charge in [-0.05, 0) is 43.4 Å². The molecule has 0 radical (unpaired) electrons. The van der Waals surface area contributed by atoms with Crippen molar-refractivity contribution >= 4 is 35.3 Å². The summed E-state index contributed by atoms with van der Waals surface area (Å²) < 4.78 is 0. The Bertz CT molecular complexity index is 649. The van der Waals surface area contributed by atoms with Crippen LogP contribution in [0.2, 0.25) is 0 Å². The first kappa shape index (κ1) is 34.5. The van der Waals surface area contributed by atoms with Crippen molar-refractivity contribution in [3.63, 3.8) is 0 Å². The smallest absolute Gasteiger partial charge is 0.550 e. The number of benzene rings is 1. The van der Waals surface area contributed by atoms with Crippen molar-refractivity contribution in [1.82, 2.24) is 0 Å². The second kappa shape index (κ2) is 19.6. The molecule has 158 valence electrons. The third-order valence-electron chi connectivity index (χ3n) is 3.95. The van der Waals surface area contributed by atoms with E-state index >= 15 is 0 Å². The van der Waals surface area contributed by atoms with Crippen LogP contribution in [0.5, 0.6) is 0 Å². The average molecular weight is 459 g/mol. The molecule has 2 atom stereocenters. The van der Waals surface area contributed by atoms with Crippen LogP contribution in [0.4, 0.5) is 5.69 Å². The van der Waals surface area contributed by atoms with Crippen molar-refractivity contribution in [3.05, 3.63) is 24.3 Å². The van der Waals surface area contributed by atoms with Gasteiger partial charge in [0.25, 0.3) is 0 Å². The fourth-order valence-electron chi connectivity index (χ4n) is 2.50. The summed E-state index contributed by atoms with van der Waals surface area (Å²) in [6, 6.07) is 6.82. The molecule has 0 aliphatic carbocycles. The van der Waals surface area contributed by atoms with Gasteiger partial charge in [0.15, 0.2) is 0 Å². The maximum absolute atomic E-state index is 11.4. The Morgan fingerprint density at radius 1 is 1.13 bits per heavy atom. The van der Waals surface area contributed by atoms with Crippen LogP contribution in [0, 0.1) is 5.92 Å². The van der Waals surface area contributed by atoms with Gasteiger partial charge in [0.1, 0.15) is 0 Å². The van der Waals surface area contributed by atoms with Crippen LogP contribution in [0.1, 0.15) is 45.4 Å². The Hall–Kier alpha value is -0.1000. The Balaban J connectivity index is -0.00000243. The summed E-state index contributed by atoms with van der Waals surface area (Å²) in [6.07, 6.45) is 1.67. The van der Waals surface area contributed by atoms with Gasteiger partial charge in [-0.2, -0.15) is 0 Å². The normalized spacial score (nSPS) is 11.7. The molecule has 0 aliphatic rings. The second-order valence-corrected chi connectivity index (χ2v) is 7.42. The minimum atomic E-state index is -1.45. The van der Waals surface area contributed by atoms with Crippen LogP contribution in [0.25, 0.3) is 0 Å². The average Bonchev–Trinajstić information content (AvgIpc) is 2.59. The molecule has 1 amide bonds. The number of carboxylic acid groups (broad SMARTS) is 2. The van der Waals surface area contributed by atoms with Gasteiger partial charge in [0, 0.05) is 22.3 Å². The van der Waals surface area contributed by atoms with E-state index in [2.05, 4.69) is 5.32 Å². The van der Waals surface area contributed by atoms with Gasteiger partial charge >= 0.3 is 59.1 Å². The van der Waals surface area contributed by atoms with Crippen molar-refractivity contribution < 1.29 is 94.3 Å². The second-order valence-electron chi connectivity index (χ2n) is 6.33. The number of nitrogens with one attached hydrogen (secondary N) is 1. The maximum atomic E-state index is 11.4. The van der Waals surface area contributed by atoms with Gasteiger partial charge in [-0.25, -0.2) is 0 Å². The van der Waals surface area contributed by atoms with Crippen LogP contribution in [-0.2, 0) is 14.4 Å². The third-order valence-corrected chi connectivity index (χ3v) is 5.09. The van der Waals surface area contributed by atoms with Gasteiger partial charge in [0.05, 0.1) is 18.5 Å². The molecule has 1 aromatic carbocycles. The van der Waals surface area contributed by atoms with Gasteiger partial charge in [0.2, 0.25) is 5.91 Å². The number of amides is 1. The van der Waals surface area contributed by atoms with Gasteiger partial charge in [-0.3, -0.25) is 4.79 Å². The molecule has 0 aromatic heterocycles. The van der Waals surface area contributed by atoms with E-state index in [1.807, 2.05) is 6.92 Å². The molecule has 8 nitrogen and oxygen atoms in total. The molecule has 1 aromatic rings. The zero-order chi connectivity index (χ0) is 20.2. The van der Waals surface area contributed by atoms with Crippen LogP contribution >= 0.6 is 11.8 Å². The van der Waals surface area contributed by atoms with Crippen LogP contribution in [-0.4, -0.2) is 40.3 Å². The molecule has 0 spiro atoms. The number of hydrogen-bond donors (Lipinski definition) is 2. The number of aliphatic carboxylic acids is 2. The van der Waals surface area contributed by atoms with E-state index in [4.69, 9.17) is 0 Å². The number of anilines is 1. The number of rotatable bonds is 13. The molecule has 11 heteroatoms. The van der Waals surface area contributed by atoms with Gasteiger partial charge < -0.3 is 35.7 Å². The van der Waals surface area contributed by atoms with E-state index in [9.17, 15) is 29.7 Å². The summed E-state index contributed by atoms with van der Waals surface area (Å²) in [7, 11) is 0. The molecule has 0 saturated carbocycles. The zero-order valence-corrected chi connectivity index (χ0v) is 22.6. The topological polar surface area (TPSA) is 161 Å². The van der Waals surface area contributed by atoms with Gasteiger partial charge in [-0.15, -0.1) is 11.8 Å². The van der Waals surface area contributed by atoms with Crippen molar-refractivity contribution in [2.45, 2.75) is 56.4 Å². The molecule has 0 heterocycles. The number of hydrogen-bond acceptors (Lipinski definition) is 7. The molecule has 0 bridgehead atoms. The summed E-state index contributed by atoms with van der Waals surface area (Å²) in [6.45, 7) is 1.99. The molecule has 0 aliphatic heterocycles. The minimum absolute atomic E-state index is 0. The summed E-state index contributed by atoms with van der Waals surface area (Å²) in [5, 5.41) is 34.1. The summed E-state index contributed by atoms with van der Waals surface area (Å²) >= 11 is 1.37. The largest absolute Gasteiger partial charge is 1.00 e. The third kappa shape index (κ3) is 15.7. The Labute approximate surface area is 225 Å². The molecule has 0 fully saturated rings. The molecule has 4 N–H and O–H groups in total. The number of carboxylic acids is 2. The number of unbranched alkanes of at least 4 members (excludes halogenated alkanes) is 1. The molecule has 0 saturated heterocycles. The monoisotopic (exact) mass is 459 g/mol. The predicted octanol–water partition coefficient (Wildman–Crippen LogP) is -6.26. The van der Waals surface area contributed by atoms with Crippen molar-refractivity contribution in [3.8, 4) is 0 Å². The van der Waals surface area contributed by atoms with Crippen LogP contribution in [0.15, 0.2) is 29.2 Å². The van der Waals surface area contributed by atoms with Crippen molar-refractivity contribution in [2.75, 3.05) is 11.1 Å². The number of carbonyl (C=O) groups is 3. The zero-order valence-electron chi connectivity index (χ0n) is 17.8. The Morgan fingerprint density at radius 2 is 1.80 bits per heavy atom. The van der Waals surface area contributed by atoms with E-state index in [1.165, 1.54) is 11.8 Å². The Morgan fingerprint density at radius 3 is 2.37 bits per heavy atom. The van der Waals surface area contributed by atoms with Gasteiger partial charge in [-0.1, -0.05) is 25.8 Å². The number of aliphatic hydroxyl groups is 1. The predicted molar refractivity (Wildman–Crippen MR) is 102 cm³/mol. The van der Waals surface area contributed by atoms with Crippen LogP contribution in [0.3, 0.4) is 0 Å². The SMILES string of the molecule is CCCC[C@H](CC[C@@H](O)CSc1cccc(NC(=O)CC(=O)[O-])c1)C(=O)[O-].O.[Na+].[Na+]. The quantitative estimate of drug-likeness (QED) is 0.168. The Kier molecular flexibility index (Phi) is 22.5. The van der Waals surface area contributed by atoms with E-state index in [0.717, 1.165) is 17.7 Å². The van der Waals surface area contributed by atoms with E-state index < -0.39 is 36.3 Å². The minimum Gasteiger partial charge on any atom is -0.550 e.